The van der Waals surface area contributed by atoms with E-state index in [0.717, 1.165) is 0 Å². The Morgan fingerprint density at radius 3 is 2.68 bits per heavy atom. The summed E-state index contributed by atoms with van der Waals surface area (Å²) in [6.07, 6.45) is 3.19. The van der Waals surface area contributed by atoms with Gasteiger partial charge in [0.25, 0.3) is 0 Å². The SMILES string of the molecule is COc1ccc(OC)c(C(=O)COC(=O)Cn2cccn2)c1. The standard InChI is InChI=1S/C15H16N2O5/c1-20-11-4-5-14(21-2)12(8-11)13(18)10-22-15(19)9-17-7-3-6-16-17/h3-8H,9-10H2,1-2H3. The van der Waals surface area contributed by atoms with Crippen LogP contribution in [0.25, 0.3) is 0 Å². The molecule has 0 amide bonds. The van der Waals surface area contributed by atoms with Crippen LogP contribution in [0.1, 0.15) is 10.4 Å². The fourth-order valence-electron chi connectivity index (χ4n) is 1.83. The van der Waals surface area contributed by atoms with E-state index in [1.54, 1.807) is 36.7 Å². The van der Waals surface area contributed by atoms with Crippen LogP contribution in [0.4, 0.5) is 0 Å². The number of nitrogens with zero attached hydrogens (tertiary/aromatic N) is 2. The van der Waals surface area contributed by atoms with Crippen molar-refractivity contribution in [1.82, 2.24) is 9.78 Å². The fourth-order valence-corrected chi connectivity index (χ4v) is 1.83. The molecule has 0 saturated heterocycles. The van der Waals surface area contributed by atoms with E-state index in [4.69, 9.17) is 14.2 Å². The molecule has 0 atom stereocenters. The second kappa shape index (κ2) is 7.26. The number of rotatable bonds is 7. The zero-order valence-electron chi connectivity index (χ0n) is 12.3. The van der Waals surface area contributed by atoms with Crippen LogP contribution < -0.4 is 9.47 Å². The molecule has 1 aromatic heterocycles. The molecule has 0 unspecified atom stereocenters. The predicted octanol–water partition coefficient (Wildman–Crippen LogP) is 1.33. The van der Waals surface area contributed by atoms with Crippen molar-refractivity contribution < 1.29 is 23.8 Å². The molecule has 0 spiro atoms. The molecule has 0 aliphatic rings. The molecule has 2 rings (SSSR count). The molecule has 0 bridgehead atoms. The first-order valence-corrected chi connectivity index (χ1v) is 6.52. The topological polar surface area (TPSA) is 79.7 Å². The molecule has 22 heavy (non-hydrogen) atoms. The second-order valence-corrected chi connectivity index (χ2v) is 4.35. The monoisotopic (exact) mass is 304 g/mol. The Labute approximate surface area is 127 Å². The summed E-state index contributed by atoms with van der Waals surface area (Å²) in [5, 5.41) is 3.89. The maximum atomic E-state index is 12.2. The van der Waals surface area contributed by atoms with Crippen LogP contribution in [0.3, 0.4) is 0 Å². The van der Waals surface area contributed by atoms with Crippen LogP contribution >= 0.6 is 0 Å². The fraction of sp³-hybridized carbons (Fsp3) is 0.267. The maximum absolute atomic E-state index is 12.2. The van der Waals surface area contributed by atoms with Crippen LogP contribution in [0.5, 0.6) is 11.5 Å². The zero-order valence-corrected chi connectivity index (χ0v) is 12.3. The summed E-state index contributed by atoms with van der Waals surface area (Å²) >= 11 is 0. The number of Topliss-reactive ketones (excluding diaryl/α,β-unsaturated/α-hetero) is 1. The molecular weight excluding hydrogens is 288 g/mol. The van der Waals surface area contributed by atoms with E-state index in [1.807, 2.05) is 0 Å². The van der Waals surface area contributed by atoms with Crippen molar-refractivity contribution in [2.75, 3.05) is 20.8 Å². The number of hydrogen-bond acceptors (Lipinski definition) is 6. The average Bonchev–Trinajstić information content (AvgIpc) is 3.04. The number of ether oxygens (including phenoxy) is 3. The molecule has 1 heterocycles. The molecule has 1 aromatic carbocycles. The molecule has 2 aromatic rings. The lowest BCUT2D eigenvalue weighted by atomic mass is 10.1. The Balaban J connectivity index is 1.98. The van der Waals surface area contributed by atoms with E-state index in [9.17, 15) is 9.59 Å². The van der Waals surface area contributed by atoms with E-state index in [0.29, 0.717) is 17.1 Å². The van der Waals surface area contributed by atoms with Crippen LogP contribution in [-0.2, 0) is 16.1 Å². The summed E-state index contributed by atoms with van der Waals surface area (Å²) in [5.41, 5.74) is 0.300. The Morgan fingerprint density at radius 2 is 2.05 bits per heavy atom. The quantitative estimate of drug-likeness (QED) is 0.567. The Kier molecular flexibility index (Phi) is 5.13. The van der Waals surface area contributed by atoms with Crippen LogP contribution in [0, 0.1) is 0 Å². The molecule has 0 saturated carbocycles. The molecule has 0 radical (unpaired) electrons. The van der Waals surface area contributed by atoms with Gasteiger partial charge < -0.3 is 14.2 Å². The van der Waals surface area contributed by atoms with Gasteiger partial charge >= 0.3 is 5.97 Å². The number of hydrogen-bond donors (Lipinski definition) is 0. The van der Waals surface area contributed by atoms with Crippen molar-refractivity contribution in [1.29, 1.82) is 0 Å². The Bertz CT molecular complexity index is 652. The highest BCUT2D eigenvalue weighted by Crippen LogP contribution is 2.24. The first kappa shape index (κ1) is 15.6. The van der Waals surface area contributed by atoms with Gasteiger partial charge in [0.05, 0.1) is 19.8 Å². The van der Waals surface area contributed by atoms with Crippen LogP contribution in [0.15, 0.2) is 36.7 Å². The first-order valence-electron chi connectivity index (χ1n) is 6.52. The number of methoxy groups -OCH3 is 2. The van der Waals surface area contributed by atoms with Gasteiger partial charge in [0.15, 0.2) is 6.61 Å². The highest BCUT2D eigenvalue weighted by Gasteiger charge is 2.16. The van der Waals surface area contributed by atoms with Gasteiger partial charge in [-0.05, 0) is 24.3 Å². The van der Waals surface area contributed by atoms with Gasteiger partial charge in [0.1, 0.15) is 18.0 Å². The Morgan fingerprint density at radius 1 is 1.23 bits per heavy atom. The van der Waals surface area contributed by atoms with Crippen molar-refractivity contribution in [3.8, 4) is 11.5 Å². The minimum absolute atomic E-state index is 0.0461. The van der Waals surface area contributed by atoms with Gasteiger partial charge in [-0.25, -0.2) is 0 Å². The molecule has 0 N–H and O–H groups in total. The Hall–Kier alpha value is -2.83. The lowest BCUT2D eigenvalue weighted by molar-refractivity contribution is -0.143. The third kappa shape index (κ3) is 3.85. The van der Waals surface area contributed by atoms with Gasteiger partial charge in [0.2, 0.25) is 5.78 Å². The minimum Gasteiger partial charge on any atom is -0.497 e. The van der Waals surface area contributed by atoms with Crippen LogP contribution in [-0.4, -0.2) is 42.4 Å². The van der Waals surface area contributed by atoms with E-state index in [-0.39, 0.29) is 18.9 Å². The lowest BCUT2D eigenvalue weighted by Crippen LogP contribution is -2.19. The normalized spacial score (nSPS) is 10.1. The van der Waals surface area contributed by atoms with Gasteiger partial charge in [-0.1, -0.05) is 0 Å². The molecule has 116 valence electrons. The van der Waals surface area contributed by atoms with Crippen LogP contribution in [0.2, 0.25) is 0 Å². The largest absolute Gasteiger partial charge is 0.497 e. The van der Waals surface area contributed by atoms with E-state index < -0.39 is 5.97 Å². The number of esters is 1. The number of carbonyl (C=O) groups excluding carboxylic acids is 2. The smallest absolute Gasteiger partial charge is 0.328 e. The first-order chi connectivity index (χ1) is 10.6. The van der Waals surface area contributed by atoms with Crippen molar-refractivity contribution in [3.63, 3.8) is 0 Å². The summed E-state index contributed by atoms with van der Waals surface area (Å²) in [6, 6.07) is 6.54. The third-order valence-corrected chi connectivity index (χ3v) is 2.92. The summed E-state index contributed by atoms with van der Waals surface area (Å²) in [4.78, 5) is 23.8. The third-order valence-electron chi connectivity index (χ3n) is 2.92. The average molecular weight is 304 g/mol. The molecule has 7 heteroatoms. The maximum Gasteiger partial charge on any atom is 0.328 e. The van der Waals surface area contributed by atoms with E-state index in [1.165, 1.54) is 18.9 Å². The molecular formula is C15H16N2O5. The summed E-state index contributed by atoms with van der Waals surface area (Å²) in [6.45, 7) is -0.418. The lowest BCUT2D eigenvalue weighted by Gasteiger charge is -2.10. The van der Waals surface area contributed by atoms with E-state index >= 15 is 0 Å². The molecule has 0 aliphatic heterocycles. The summed E-state index contributed by atoms with van der Waals surface area (Å²) < 4.78 is 16.6. The van der Waals surface area contributed by atoms with E-state index in [2.05, 4.69) is 5.10 Å². The molecule has 0 fully saturated rings. The van der Waals surface area contributed by atoms with Crippen molar-refractivity contribution in [3.05, 3.63) is 42.2 Å². The number of ketones is 1. The van der Waals surface area contributed by atoms with Crippen molar-refractivity contribution >= 4 is 11.8 Å². The minimum atomic E-state index is -0.543. The summed E-state index contributed by atoms with van der Waals surface area (Å²) in [7, 11) is 2.96. The molecule has 0 aliphatic carbocycles. The van der Waals surface area contributed by atoms with Crippen molar-refractivity contribution in [2.24, 2.45) is 0 Å². The van der Waals surface area contributed by atoms with Gasteiger partial charge in [-0.15, -0.1) is 0 Å². The second-order valence-electron chi connectivity index (χ2n) is 4.35. The number of aromatic nitrogens is 2. The predicted molar refractivity (Wildman–Crippen MR) is 77.1 cm³/mol. The molecule has 7 nitrogen and oxygen atoms in total. The van der Waals surface area contributed by atoms with Gasteiger partial charge in [-0.3, -0.25) is 14.3 Å². The highest BCUT2D eigenvalue weighted by atomic mass is 16.5. The zero-order chi connectivity index (χ0) is 15.9. The highest BCUT2D eigenvalue weighted by molar-refractivity contribution is 6.00. The van der Waals surface area contributed by atoms with Crippen molar-refractivity contribution in [2.45, 2.75) is 6.54 Å². The number of carbonyl (C=O) groups is 2. The van der Waals surface area contributed by atoms with Gasteiger partial charge in [0, 0.05) is 12.4 Å². The van der Waals surface area contributed by atoms with Gasteiger partial charge in [-0.2, -0.15) is 5.10 Å². The number of benzene rings is 1. The summed E-state index contributed by atoms with van der Waals surface area (Å²) in [5.74, 6) is 0.00409.